The van der Waals surface area contributed by atoms with Crippen LogP contribution in [-0.2, 0) is 7.05 Å². The van der Waals surface area contributed by atoms with Crippen molar-refractivity contribution in [2.24, 2.45) is 7.05 Å². The first-order valence-electron chi connectivity index (χ1n) is 10.3. The van der Waals surface area contributed by atoms with E-state index in [0.29, 0.717) is 10.8 Å². The van der Waals surface area contributed by atoms with Gasteiger partial charge in [0.15, 0.2) is 5.69 Å². The maximum Gasteiger partial charge on any atom is 0.296 e. The number of rotatable bonds is 6. The van der Waals surface area contributed by atoms with Gasteiger partial charge in [0.1, 0.15) is 23.6 Å². The average molecular weight is 481 g/mol. The summed E-state index contributed by atoms with van der Waals surface area (Å²) in [6.45, 7) is 3.64. The molecule has 11 heteroatoms. The number of benzene rings is 1. The van der Waals surface area contributed by atoms with E-state index in [-0.39, 0.29) is 11.5 Å². The summed E-state index contributed by atoms with van der Waals surface area (Å²) in [4.78, 5) is 38.6. The van der Waals surface area contributed by atoms with Crippen LogP contribution in [-0.4, -0.2) is 35.7 Å². The second-order valence-electron chi connectivity index (χ2n) is 7.75. The summed E-state index contributed by atoms with van der Waals surface area (Å²) < 4.78 is 5.91. The number of aromatic nitrogens is 5. The maximum atomic E-state index is 12.8. The standard InChI is InChI=1S/C23H21ClN6O4/c1-12(18(14-8-25-13(2)26-9-14)16-6-4-5-7-17(16)24)21-29-19(20(31)23(33)30(21)3)22(32)28-15-10-27-34-11-15/h4-12,18,31H,1-3H3,(H,28,32)/t12-,18+/m1/s1. The lowest BCUT2D eigenvalue weighted by molar-refractivity contribution is 0.101. The summed E-state index contributed by atoms with van der Waals surface area (Å²) in [5, 5.41) is 16.9. The summed E-state index contributed by atoms with van der Waals surface area (Å²) in [5.74, 6) is -1.53. The Kier molecular flexibility index (Phi) is 6.42. The second-order valence-corrected chi connectivity index (χ2v) is 8.16. The lowest BCUT2D eigenvalue weighted by atomic mass is 9.82. The lowest BCUT2D eigenvalue weighted by Crippen LogP contribution is -2.29. The molecule has 0 saturated heterocycles. The molecule has 3 aromatic heterocycles. The smallest absolute Gasteiger partial charge is 0.296 e. The summed E-state index contributed by atoms with van der Waals surface area (Å²) >= 11 is 6.54. The molecular formula is C23H21ClN6O4. The van der Waals surface area contributed by atoms with Crippen LogP contribution in [0.3, 0.4) is 0 Å². The predicted molar refractivity (Wildman–Crippen MR) is 124 cm³/mol. The van der Waals surface area contributed by atoms with E-state index in [4.69, 9.17) is 16.1 Å². The minimum absolute atomic E-state index is 0.257. The largest absolute Gasteiger partial charge is 0.501 e. The van der Waals surface area contributed by atoms with Gasteiger partial charge in [-0.25, -0.2) is 15.0 Å². The van der Waals surface area contributed by atoms with Crippen LogP contribution in [0.2, 0.25) is 5.02 Å². The van der Waals surface area contributed by atoms with Crippen molar-refractivity contribution in [3.05, 3.63) is 93.0 Å². The summed E-state index contributed by atoms with van der Waals surface area (Å²) in [5.41, 5.74) is 0.618. The van der Waals surface area contributed by atoms with Gasteiger partial charge >= 0.3 is 0 Å². The highest BCUT2D eigenvalue weighted by molar-refractivity contribution is 6.31. The van der Waals surface area contributed by atoms with Gasteiger partial charge in [0.2, 0.25) is 5.75 Å². The van der Waals surface area contributed by atoms with E-state index in [9.17, 15) is 14.7 Å². The van der Waals surface area contributed by atoms with Gasteiger partial charge in [-0.05, 0) is 24.1 Å². The van der Waals surface area contributed by atoms with E-state index in [1.54, 1.807) is 25.4 Å². The van der Waals surface area contributed by atoms with Gasteiger partial charge in [-0.15, -0.1) is 0 Å². The van der Waals surface area contributed by atoms with Crippen LogP contribution >= 0.6 is 11.6 Å². The molecule has 0 unspecified atom stereocenters. The fourth-order valence-corrected chi connectivity index (χ4v) is 4.06. The molecule has 0 radical (unpaired) electrons. The quantitative estimate of drug-likeness (QED) is 0.428. The zero-order chi connectivity index (χ0) is 24.4. The Morgan fingerprint density at radius 2 is 1.91 bits per heavy atom. The molecule has 0 spiro atoms. The molecule has 0 aliphatic heterocycles. The zero-order valence-corrected chi connectivity index (χ0v) is 19.3. The van der Waals surface area contributed by atoms with Crippen LogP contribution < -0.4 is 10.9 Å². The number of carbonyl (C=O) groups excluding carboxylic acids is 1. The highest BCUT2D eigenvalue weighted by Crippen LogP contribution is 2.40. The predicted octanol–water partition coefficient (Wildman–Crippen LogP) is 3.41. The normalized spacial score (nSPS) is 12.8. The Bertz CT molecular complexity index is 1390. The molecule has 0 aliphatic rings. The van der Waals surface area contributed by atoms with Gasteiger partial charge in [-0.2, -0.15) is 0 Å². The number of aryl methyl sites for hydroxylation is 1. The highest BCUT2D eigenvalue weighted by atomic mass is 35.5. The van der Waals surface area contributed by atoms with Crippen molar-refractivity contribution < 1.29 is 14.4 Å². The van der Waals surface area contributed by atoms with Crippen molar-refractivity contribution in [2.45, 2.75) is 25.7 Å². The molecule has 4 aromatic rings. The van der Waals surface area contributed by atoms with Gasteiger partial charge < -0.3 is 14.9 Å². The van der Waals surface area contributed by atoms with E-state index >= 15 is 0 Å². The Hall–Kier alpha value is -4.05. The number of halogens is 1. The third-order valence-corrected chi connectivity index (χ3v) is 5.86. The number of amides is 1. The van der Waals surface area contributed by atoms with Gasteiger partial charge in [0, 0.05) is 36.3 Å². The van der Waals surface area contributed by atoms with Gasteiger partial charge in [-0.1, -0.05) is 41.9 Å². The summed E-state index contributed by atoms with van der Waals surface area (Å²) in [6.07, 6.45) is 5.89. The van der Waals surface area contributed by atoms with Crippen molar-refractivity contribution in [1.82, 2.24) is 24.7 Å². The van der Waals surface area contributed by atoms with Gasteiger partial charge in [0.25, 0.3) is 11.5 Å². The van der Waals surface area contributed by atoms with Crippen molar-refractivity contribution in [3.8, 4) is 5.75 Å². The molecule has 0 bridgehead atoms. The number of anilines is 1. The second kappa shape index (κ2) is 9.44. The molecule has 0 fully saturated rings. The minimum atomic E-state index is -0.778. The molecule has 10 nitrogen and oxygen atoms in total. The fourth-order valence-electron chi connectivity index (χ4n) is 3.81. The van der Waals surface area contributed by atoms with Crippen molar-refractivity contribution >= 4 is 23.2 Å². The van der Waals surface area contributed by atoms with Crippen LogP contribution in [0.15, 0.2) is 58.4 Å². The molecule has 3 heterocycles. The monoisotopic (exact) mass is 480 g/mol. The fraction of sp³-hybridized carbons (Fsp3) is 0.217. The Morgan fingerprint density at radius 1 is 1.21 bits per heavy atom. The molecule has 1 aromatic carbocycles. The van der Waals surface area contributed by atoms with Crippen molar-refractivity contribution in [3.63, 3.8) is 0 Å². The molecule has 174 valence electrons. The van der Waals surface area contributed by atoms with Crippen LogP contribution in [0, 0.1) is 6.92 Å². The maximum absolute atomic E-state index is 12.8. The van der Waals surface area contributed by atoms with E-state index in [1.807, 2.05) is 25.1 Å². The lowest BCUT2D eigenvalue weighted by Gasteiger charge is -2.26. The third kappa shape index (κ3) is 4.40. The number of nitrogens with one attached hydrogen (secondary N) is 1. The molecule has 4 rings (SSSR count). The first kappa shape index (κ1) is 23.1. The molecular weight excluding hydrogens is 460 g/mol. The first-order chi connectivity index (χ1) is 16.3. The van der Waals surface area contributed by atoms with Crippen LogP contribution in [0.25, 0.3) is 0 Å². The van der Waals surface area contributed by atoms with Crippen LogP contribution in [0.1, 0.15) is 52.0 Å². The number of hydrogen-bond donors (Lipinski definition) is 2. The van der Waals surface area contributed by atoms with Crippen LogP contribution in [0.4, 0.5) is 5.69 Å². The minimum Gasteiger partial charge on any atom is -0.501 e. The van der Waals surface area contributed by atoms with Crippen LogP contribution in [0.5, 0.6) is 5.75 Å². The van der Waals surface area contributed by atoms with Gasteiger partial charge in [0.05, 0.1) is 6.20 Å². The molecule has 0 saturated carbocycles. The highest BCUT2D eigenvalue weighted by Gasteiger charge is 2.30. The molecule has 34 heavy (non-hydrogen) atoms. The summed E-state index contributed by atoms with van der Waals surface area (Å²) in [6, 6.07) is 7.33. The SMILES string of the molecule is Cc1ncc([C@@H](c2ccccc2Cl)[C@@H](C)c2nc(C(=O)Nc3cnoc3)c(O)c(=O)n2C)cn1. The Morgan fingerprint density at radius 3 is 2.56 bits per heavy atom. The first-order valence-corrected chi connectivity index (χ1v) is 10.7. The van der Waals surface area contributed by atoms with E-state index < -0.39 is 34.7 Å². The van der Waals surface area contributed by atoms with E-state index in [1.165, 1.54) is 24.1 Å². The molecule has 2 N–H and O–H groups in total. The molecule has 0 aliphatic carbocycles. The average Bonchev–Trinajstić information content (AvgIpc) is 3.33. The van der Waals surface area contributed by atoms with Gasteiger partial charge in [-0.3, -0.25) is 14.2 Å². The molecule has 1 amide bonds. The topological polar surface area (TPSA) is 136 Å². The number of aromatic hydroxyl groups is 1. The van der Waals surface area contributed by atoms with Crippen molar-refractivity contribution in [2.75, 3.05) is 5.32 Å². The third-order valence-electron chi connectivity index (χ3n) is 5.51. The Labute approximate surface area is 199 Å². The summed E-state index contributed by atoms with van der Waals surface area (Å²) in [7, 11) is 1.48. The number of hydrogen-bond acceptors (Lipinski definition) is 8. The Balaban J connectivity index is 1.84. The van der Waals surface area contributed by atoms with Crippen molar-refractivity contribution in [1.29, 1.82) is 0 Å². The number of nitrogens with zero attached hydrogens (tertiary/aromatic N) is 5. The zero-order valence-electron chi connectivity index (χ0n) is 18.6. The van der Waals surface area contributed by atoms with E-state index in [0.717, 1.165) is 11.1 Å². The van der Waals surface area contributed by atoms with E-state index in [2.05, 4.69) is 25.4 Å². The molecule has 2 atom stereocenters. The number of carbonyl (C=O) groups is 1.